The number of carboxylic acid groups (broad SMARTS) is 1. The number of likely N-dealkylation sites (tertiary alicyclic amines) is 1. The van der Waals surface area contributed by atoms with Crippen LogP contribution in [0.4, 0.5) is 0 Å². The molecule has 0 radical (unpaired) electrons. The molecule has 6 heteroatoms. The number of benzene rings is 1. The number of rotatable bonds is 4. The molecular weight excluding hydrogens is 342 g/mol. The zero-order valence-corrected chi connectivity index (χ0v) is 16.6. The van der Waals surface area contributed by atoms with Crippen molar-refractivity contribution in [2.75, 3.05) is 13.1 Å². The lowest BCUT2D eigenvalue weighted by molar-refractivity contribution is -0.143. The van der Waals surface area contributed by atoms with Crippen molar-refractivity contribution in [1.29, 1.82) is 0 Å². The second-order valence-electron chi connectivity index (χ2n) is 8.82. The van der Waals surface area contributed by atoms with E-state index in [0.29, 0.717) is 19.5 Å². The Balaban J connectivity index is 1.81. The molecule has 1 aliphatic rings. The molecule has 0 bridgehead atoms. The highest BCUT2D eigenvalue weighted by molar-refractivity contribution is 5.81. The van der Waals surface area contributed by atoms with Crippen molar-refractivity contribution in [1.82, 2.24) is 14.9 Å². The molecule has 0 saturated carbocycles. The van der Waals surface area contributed by atoms with Gasteiger partial charge in [-0.15, -0.1) is 0 Å². The number of hydrogen-bond donors (Lipinski definition) is 2. The highest BCUT2D eigenvalue weighted by Crippen LogP contribution is 2.31. The molecule has 0 spiro atoms. The Morgan fingerprint density at radius 3 is 2.70 bits per heavy atom. The van der Waals surface area contributed by atoms with E-state index in [1.165, 1.54) is 5.56 Å². The average molecular weight is 371 g/mol. The number of imidazole rings is 1. The third-order valence-corrected chi connectivity index (χ3v) is 5.40. The van der Waals surface area contributed by atoms with Crippen LogP contribution in [0.15, 0.2) is 18.2 Å². The fourth-order valence-corrected chi connectivity index (χ4v) is 3.99. The van der Waals surface area contributed by atoms with E-state index in [1.54, 1.807) is 0 Å². The summed E-state index contributed by atoms with van der Waals surface area (Å²) in [5.74, 6) is 0.354. The Labute approximate surface area is 160 Å². The Hall–Kier alpha value is -2.37. The van der Waals surface area contributed by atoms with Crippen LogP contribution in [0.25, 0.3) is 11.0 Å². The monoisotopic (exact) mass is 371 g/mol. The molecule has 2 aromatic rings. The number of aryl methyl sites for hydroxylation is 1. The summed E-state index contributed by atoms with van der Waals surface area (Å²) in [7, 11) is 0. The zero-order chi connectivity index (χ0) is 19.8. The van der Waals surface area contributed by atoms with Crippen LogP contribution < -0.4 is 0 Å². The topological polar surface area (TPSA) is 86.3 Å². The molecule has 1 aliphatic heterocycles. The Morgan fingerprint density at radius 1 is 1.30 bits per heavy atom. The Bertz CT molecular complexity index is 850. The number of carbonyl (C=O) groups is 2. The lowest BCUT2D eigenvalue weighted by Gasteiger charge is -2.40. The van der Waals surface area contributed by atoms with E-state index in [2.05, 4.69) is 16.0 Å². The minimum Gasteiger partial charge on any atom is -0.481 e. The highest BCUT2D eigenvalue weighted by atomic mass is 16.4. The maximum absolute atomic E-state index is 12.7. The summed E-state index contributed by atoms with van der Waals surface area (Å²) in [6.07, 6.45) is 1.51. The number of aliphatic carboxylic acids is 1. The number of amides is 1. The van der Waals surface area contributed by atoms with Gasteiger partial charge in [0, 0.05) is 31.3 Å². The van der Waals surface area contributed by atoms with Gasteiger partial charge >= 0.3 is 5.97 Å². The van der Waals surface area contributed by atoms with Gasteiger partial charge in [0.15, 0.2) is 0 Å². The van der Waals surface area contributed by atoms with E-state index < -0.39 is 11.4 Å². The number of carboxylic acids is 1. The third-order valence-electron chi connectivity index (χ3n) is 5.40. The van der Waals surface area contributed by atoms with Crippen LogP contribution in [0.3, 0.4) is 0 Å². The van der Waals surface area contributed by atoms with E-state index in [-0.39, 0.29) is 24.2 Å². The fraction of sp³-hybridized carbons (Fsp3) is 0.571. The summed E-state index contributed by atoms with van der Waals surface area (Å²) >= 11 is 0. The molecule has 1 aromatic carbocycles. The third kappa shape index (κ3) is 4.49. The van der Waals surface area contributed by atoms with E-state index >= 15 is 0 Å². The lowest BCUT2D eigenvalue weighted by Crippen LogP contribution is -2.48. The van der Waals surface area contributed by atoms with E-state index in [4.69, 9.17) is 0 Å². The molecular formula is C21H29N3O3. The van der Waals surface area contributed by atoms with Crippen LogP contribution in [0.2, 0.25) is 0 Å². The van der Waals surface area contributed by atoms with Gasteiger partial charge in [0.05, 0.1) is 11.0 Å². The first kappa shape index (κ1) is 19.4. The number of fused-ring (bicyclic) bond motifs is 1. The van der Waals surface area contributed by atoms with Crippen molar-refractivity contribution < 1.29 is 14.7 Å². The molecule has 1 fully saturated rings. The molecule has 6 nitrogen and oxygen atoms in total. The second kappa shape index (κ2) is 7.33. The van der Waals surface area contributed by atoms with Crippen molar-refractivity contribution in [3.63, 3.8) is 0 Å². The summed E-state index contributed by atoms with van der Waals surface area (Å²) in [6, 6.07) is 6.09. The number of aromatic nitrogens is 2. The summed E-state index contributed by atoms with van der Waals surface area (Å²) in [4.78, 5) is 34.0. The first-order valence-corrected chi connectivity index (χ1v) is 9.60. The molecule has 1 aromatic heterocycles. The van der Waals surface area contributed by atoms with Gasteiger partial charge in [-0.1, -0.05) is 26.8 Å². The van der Waals surface area contributed by atoms with Crippen LogP contribution >= 0.6 is 0 Å². The van der Waals surface area contributed by atoms with Crippen molar-refractivity contribution in [2.45, 2.75) is 47.0 Å². The van der Waals surface area contributed by atoms with Crippen molar-refractivity contribution in [3.05, 3.63) is 29.6 Å². The van der Waals surface area contributed by atoms with Crippen LogP contribution in [0, 0.1) is 24.2 Å². The Kier molecular flexibility index (Phi) is 5.27. The summed E-state index contributed by atoms with van der Waals surface area (Å²) in [6.45, 7) is 9.04. The smallest absolute Gasteiger partial charge is 0.303 e. The summed E-state index contributed by atoms with van der Waals surface area (Å²) < 4.78 is 0. The number of carbonyl (C=O) groups excluding carboxylic acids is 1. The molecule has 146 valence electrons. The largest absolute Gasteiger partial charge is 0.481 e. The molecule has 3 rings (SSSR count). The number of piperidine rings is 1. The number of hydrogen-bond acceptors (Lipinski definition) is 3. The SMILES string of the molecule is Cc1ccc2nc(C[C@H]3CN(C(=O)C(C)(C)C)CC[C@H]3CC(=O)O)[nH]c2c1. The standard InChI is InChI=1S/C21H29N3O3/c1-13-5-6-16-17(9-13)23-18(22-16)10-15-12-24(20(27)21(2,3)4)8-7-14(15)11-19(25)26/h5-6,9,14-15H,7-8,10-12H2,1-4H3,(H,22,23)(H,25,26)/t14-,15-/m0/s1. The van der Waals surface area contributed by atoms with Gasteiger partial charge in [-0.05, 0) is 42.9 Å². The summed E-state index contributed by atoms with van der Waals surface area (Å²) in [5, 5.41) is 9.29. The van der Waals surface area contributed by atoms with Crippen LogP contribution in [0.1, 0.15) is 45.0 Å². The van der Waals surface area contributed by atoms with Crippen molar-refractivity contribution >= 4 is 22.9 Å². The molecule has 2 atom stereocenters. The number of nitrogens with one attached hydrogen (secondary N) is 1. The highest BCUT2D eigenvalue weighted by Gasteiger charge is 2.36. The van der Waals surface area contributed by atoms with Gasteiger partial charge in [0.25, 0.3) is 0 Å². The molecule has 0 aliphatic carbocycles. The normalized spacial score (nSPS) is 20.8. The predicted molar refractivity (Wildman–Crippen MR) is 104 cm³/mol. The van der Waals surface area contributed by atoms with E-state index in [0.717, 1.165) is 23.3 Å². The lowest BCUT2D eigenvalue weighted by atomic mass is 9.80. The zero-order valence-electron chi connectivity index (χ0n) is 16.6. The number of nitrogens with zero attached hydrogens (tertiary/aromatic N) is 2. The molecule has 1 saturated heterocycles. The predicted octanol–water partition coefficient (Wildman–Crippen LogP) is 3.40. The fourth-order valence-electron chi connectivity index (χ4n) is 3.99. The van der Waals surface area contributed by atoms with E-state index in [1.807, 2.05) is 44.7 Å². The number of H-pyrrole nitrogens is 1. The molecule has 27 heavy (non-hydrogen) atoms. The van der Waals surface area contributed by atoms with Gasteiger partial charge < -0.3 is 15.0 Å². The van der Waals surface area contributed by atoms with Crippen molar-refractivity contribution in [3.8, 4) is 0 Å². The minimum atomic E-state index is -0.777. The van der Waals surface area contributed by atoms with Crippen molar-refractivity contribution in [2.24, 2.45) is 17.3 Å². The van der Waals surface area contributed by atoms with Crippen LogP contribution in [0.5, 0.6) is 0 Å². The average Bonchev–Trinajstić information content (AvgIpc) is 2.95. The maximum atomic E-state index is 12.7. The quantitative estimate of drug-likeness (QED) is 0.862. The summed E-state index contributed by atoms with van der Waals surface area (Å²) in [5.41, 5.74) is 2.66. The van der Waals surface area contributed by atoms with Gasteiger partial charge in [-0.3, -0.25) is 9.59 Å². The molecule has 2 heterocycles. The van der Waals surface area contributed by atoms with Gasteiger partial charge in [-0.25, -0.2) is 4.98 Å². The maximum Gasteiger partial charge on any atom is 0.303 e. The van der Waals surface area contributed by atoms with E-state index in [9.17, 15) is 14.7 Å². The first-order valence-electron chi connectivity index (χ1n) is 9.60. The minimum absolute atomic E-state index is 0.0569. The second-order valence-corrected chi connectivity index (χ2v) is 8.82. The van der Waals surface area contributed by atoms with Gasteiger partial charge in [0.1, 0.15) is 5.82 Å². The Morgan fingerprint density at radius 2 is 2.04 bits per heavy atom. The molecule has 1 amide bonds. The van der Waals surface area contributed by atoms with Gasteiger partial charge in [0.2, 0.25) is 5.91 Å². The molecule has 2 N–H and O–H groups in total. The van der Waals surface area contributed by atoms with Crippen LogP contribution in [-0.2, 0) is 16.0 Å². The molecule has 0 unspecified atom stereocenters. The number of aromatic amines is 1. The van der Waals surface area contributed by atoms with Gasteiger partial charge in [-0.2, -0.15) is 0 Å². The first-order chi connectivity index (χ1) is 12.6. The van der Waals surface area contributed by atoms with Crippen LogP contribution in [-0.4, -0.2) is 44.9 Å².